The standard InChI is InChI=1S/C17H14BrN3O2/c1-9-5-3-4-6-11(9)16(22)21-20-15-13-12(19-17(15)23)8-7-10(2)14(13)18/h3-8,19,23H,1-2H3. The van der Waals surface area contributed by atoms with Gasteiger partial charge < -0.3 is 10.1 Å². The molecule has 6 heteroatoms. The van der Waals surface area contributed by atoms with E-state index >= 15 is 0 Å². The van der Waals surface area contributed by atoms with Gasteiger partial charge in [0.05, 0.1) is 5.52 Å². The molecule has 3 aromatic rings. The number of hydrogen-bond donors (Lipinski definition) is 2. The number of nitrogens with one attached hydrogen (secondary N) is 1. The molecule has 5 nitrogen and oxygen atoms in total. The van der Waals surface area contributed by atoms with E-state index in [1.807, 2.05) is 38.1 Å². The number of halogens is 1. The van der Waals surface area contributed by atoms with E-state index in [1.165, 1.54) is 0 Å². The molecule has 0 unspecified atom stereocenters. The Labute approximate surface area is 141 Å². The van der Waals surface area contributed by atoms with Crippen molar-refractivity contribution in [3.63, 3.8) is 0 Å². The summed E-state index contributed by atoms with van der Waals surface area (Å²) in [6, 6.07) is 10.9. The Hall–Kier alpha value is -2.47. The summed E-state index contributed by atoms with van der Waals surface area (Å²) in [5, 5.41) is 18.5. The fourth-order valence-corrected chi connectivity index (χ4v) is 2.91. The maximum atomic E-state index is 12.2. The highest BCUT2D eigenvalue weighted by atomic mass is 79.9. The van der Waals surface area contributed by atoms with Crippen LogP contribution in [-0.2, 0) is 0 Å². The number of carbonyl (C=O) groups excluding carboxylic acids is 1. The summed E-state index contributed by atoms with van der Waals surface area (Å²) in [4.78, 5) is 15.0. The van der Waals surface area contributed by atoms with Crippen LogP contribution in [0.4, 0.5) is 5.69 Å². The molecule has 2 aromatic carbocycles. The van der Waals surface area contributed by atoms with Crippen molar-refractivity contribution in [2.45, 2.75) is 13.8 Å². The molecule has 0 aliphatic carbocycles. The van der Waals surface area contributed by atoms with Crippen molar-refractivity contribution in [2.75, 3.05) is 0 Å². The summed E-state index contributed by atoms with van der Waals surface area (Å²) >= 11 is 3.49. The number of hydrogen-bond acceptors (Lipinski definition) is 3. The van der Waals surface area contributed by atoms with E-state index in [9.17, 15) is 9.90 Å². The Morgan fingerprint density at radius 2 is 1.87 bits per heavy atom. The van der Waals surface area contributed by atoms with Crippen LogP contribution < -0.4 is 0 Å². The lowest BCUT2D eigenvalue weighted by molar-refractivity contribution is 0.0994. The van der Waals surface area contributed by atoms with E-state index in [1.54, 1.807) is 12.1 Å². The Bertz CT molecular complexity index is 944. The van der Waals surface area contributed by atoms with Crippen LogP contribution in [0.1, 0.15) is 21.5 Å². The molecule has 23 heavy (non-hydrogen) atoms. The first-order valence-electron chi connectivity index (χ1n) is 7.00. The van der Waals surface area contributed by atoms with Crippen molar-refractivity contribution in [1.82, 2.24) is 4.98 Å². The van der Waals surface area contributed by atoms with Gasteiger partial charge in [-0.15, -0.1) is 10.2 Å². The molecule has 3 rings (SSSR count). The summed E-state index contributed by atoms with van der Waals surface area (Å²) < 4.78 is 0.809. The number of azo groups is 1. The summed E-state index contributed by atoms with van der Waals surface area (Å²) in [6.45, 7) is 3.78. The third-order valence-corrected chi connectivity index (χ3v) is 4.69. The van der Waals surface area contributed by atoms with Crippen LogP contribution >= 0.6 is 15.9 Å². The zero-order valence-electron chi connectivity index (χ0n) is 12.6. The molecule has 0 atom stereocenters. The molecule has 1 heterocycles. The van der Waals surface area contributed by atoms with Crippen LogP contribution in [0, 0.1) is 13.8 Å². The number of fused-ring (bicyclic) bond motifs is 1. The lowest BCUT2D eigenvalue weighted by Gasteiger charge is -2.00. The highest BCUT2D eigenvalue weighted by Gasteiger charge is 2.15. The minimum atomic E-state index is -0.444. The maximum absolute atomic E-state index is 12.2. The molecular formula is C17H14BrN3O2. The van der Waals surface area contributed by atoms with Gasteiger partial charge in [-0.3, -0.25) is 4.79 Å². The Morgan fingerprint density at radius 3 is 2.61 bits per heavy atom. The smallest absolute Gasteiger partial charge is 0.295 e. The predicted molar refractivity (Wildman–Crippen MR) is 92.4 cm³/mol. The number of nitrogens with zero attached hydrogens (tertiary/aromatic N) is 2. The maximum Gasteiger partial charge on any atom is 0.295 e. The zero-order valence-corrected chi connectivity index (χ0v) is 14.2. The van der Waals surface area contributed by atoms with Crippen LogP contribution in [0.3, 0.4) is 0 Å². The molecule has 0 bridgehead atoms. The molecule has 0 aliphatic rings. The van der Waals surface area contributed by atoms with Gasteiger partial charge in [0.25, 0.3) is 5.91 Å². The molecule has 0 aliphatic heterocycles. The average molecular weight is 372 g/mol. The first-order valence-corrected chi connectivity index (χ1v) is 7.79. The van der Waals surface area contributed by atoms with E-state index < -0.39 is 5.91 Å². The SMILES string of the molecule is Cc1ccccc1C(=O)N=Nc1c(O)[nH]c2ccc(C)c(Br)c12. The highest BCUT2D eigenvalue weighted by molar-refractivity contribution is 9.10. The van der Waals surface area contributed by atoms with E-state index in [-0.39, 0.29) is 11.6 Å². The number of aromatic nitrogens is 1. The Morgan fingerprint density at radius 1 is 1.13 bits per heavy atom. The Kier molecular flexibility index (Phi) is 4.00. The molecular weight excluding hydrogens is 358 g/mol. The van der Waals surface area contributed by atoms with Crippen LogP contribution in [0.2, 0.25) is 0 Å². The topological polar surface area (TPSA) is 77.8 Å². The predicted octanol–water partition coefficient (Wildman–Crippen LogP) is 5.18. The summed E-state index contributed by atoms with van der Waals surface area (Å²) in [5.74, 6) is -0.562. The number of rotatable bonds is 2. The largest absolute Gasteiger partial charge is 0.493 e. The number of amides is 1. The average Bonchev–Trinajstić information content (AvgIpc) is 2.85. The van der Waals surface area contributed by atoms with E-state index in [4.69, 9.17) is 0 Å². The van der Waals surface area contributed by atoms with Gasteiger partial charge >= 0.3 is 0 Å². The fraction of sp³-hybridized carbons (Fsp3) is 0.118. The molecule has 1 amide bonds. The van der Waals surface area contributed by atoms with Crippen LogP contribution in [0.25, 0.3) is 10.9 Å². The van der Waals surface area contributed by atoms with Gasteiger partial charge in [-0.2, -0.15) is 0 Å². The first kappa shape index (κ1) is 15.4. The van der Waals surface area contributed by atoms with Gasteiger partial charge in [0, 0.05) is 15.4 Å². The minimum Gasteiger partial charge on any atom is -0.493 e. The van der Waals surface area contributed by atoms with E-state index in [0.29, 0.717) is 10.9 Å². The number of aromatic hydroxyl groups is 1. The quantitative estimate of drug-likeness (QED) is 0.608. The van der Waals surface area contributed by atoms with Crippen molar-refractivity contribution < 1.29 is 9.90 Å². The molecule has 1 aromatic heterocycles. The summed E-state index contributed by atoms with van der Waals surface area (Å²) in [6.07, 6.45) is 0. The zero-order chi connectivity index (χ0) is 16.6. The van der Waals surface area contributed by atoms with Gasteiger partial charge in [0.2, 0.25) is 5.88 Å². The Balaban J connectivity index is 2.05. The molecule has 116 valence electrons. The second kappa shape index (κ2) is 5.96. The lowest BCUT2D eigenvalue weighted by atomic mass is 10.1. The minimum absolute atomic E-state index is 0.118. The molecule has 2 N–H and O–H groups in total. The van der Waals surface area contributed by atoms with E-state index in [0.717, 1.165) is 21.1 Å². The van der Waals surface area contributed by atoms with Crippen molar-refractivity contribution in [2.24, 2.45) is 10.2 Å². The first-order chi connectivity index (χ1) is 11.0. The fourth-order valence-electron chi connectivity index (χ4n) is 2.38. The number of benzene rings is 2. The highest BCUT2D eigenvalue weighted by Crippen LogP contribution is 2.41. The van der Waals surface area contributed by atoms with Gasteiger partial charge in [-0.25, -0.2) is 0 Å². The van der Waals surface area contributed by atoms with Gasteiger partial charge in [0.1, 0.15) is 0 Å². The van der Waals surface area contributed by atoms with Crippen LogP contribution in [-0.4, -0.2) is 16.0 Å². The number of carbonyl (C=O) groups is 1. The molecule has 0 saturated carbocycles. The van der Waals surface area contributed by atoms with Crippen molar-refractivity contribution >= 4 is 38.4 Å². The monoisotopic (exact) mass is 371 g/mol. The number of aromatic amines is 1. The lowest BCUT2D eigenvalue weighted by Crippen LogP contribution is -1.96. The second-order valence-electron chi connectivity index (χ2n) is 5.26. The van der Waals surface area contributed by atoms with E-state index in [2.05, 4.69) is 31.1 Å². The van der Waals surface area contributed by atoms with Crippen LogP contribution in [0.5, 0.6) is 5.88 Å². The number of aryl methyl sites for hydroxylation is 2. The van der Waals surface area contributed by atoms with Crippen molar-refractivity contribution in [3.8, 4) is 5.88 Å². The van der Waals surface area contributed by atoms with Gasteiger partial charge in [0.15, 0.2) is 5.69 Å². The third kappa shape index (κ3) is 2.77. The molecule has 0 fully saturated rings. The molecule has 0 radical (unpaired) electrons. The van der Waals surface area contributed by atoms with Crippen LogP contribution in [0.15, 0.2) is 51.1 Å². The third-order valence-electron chi connectivity index (χ3n) is 3.67. The van der Waals surface area contributed by atoms with Crippen molar-refractivity contribution in [1.29, 1.82) is 0 Å². The van der Waals surface area contributed by atoms with Crippen molar-refractivity contribution in [3.05, 3.63) is 57.6 Å². The van der Waals surface area contributed by atoms with Gasteiger partial charge in [-0.1, -0.05) is 24.3 Å². The molecule has 0 spiro atoms. The second-order valence-corrected chi connectivity index (χ2v) is 6.05. The summed E-state index contributed by atoms with van der Waals surface area (Å²) in [7, 11) is 0. The number of H-pyrrole nitrogens is 1. The normalized spacial score (nSPS) is 11.4. The van der Waals surface area contributed by atoms with Gasteiger partial charge in [-0.05, 0) is 53.0 Å². The summed E-state index contributed by atoms with van der Waals surface area (Å²) in [5.41, 5.74) is 3.29. The molecule has 0 saturated heterocycles.